The number of nitrogens with one attached hydrogen (secondary N) is 1. The minimum Gasteiger partial charge on any atom is -0.399 e. The first-order valence-corrected chi connectivity index (χ1v) is 6.12. The summed E-state index contributed by atoms with van der Waals surface area (Å²) in [4.78, 5) is 23.1. The molecule has 19 heavy (non-hydrogen) atoms. The highest BCUT2D eigenvalue weighted by Gasteiger charge is 2.31. The Kier molecular flexibility index (Phi) is 2.51. The number of imide groups is 1. The predicted molar refractivity (Wildman–Crippen MR) is 70.3 cm³/mol. The van der Waals surface area contributed by atoms with Gasteiger partial charge in [-0.05, 0) is 24.6 Å². The average Bonchev–Trinajstić information content (AvgIpc) is 2.66. The number of nitrogens with zero attached hydrogens (tertiary/aromatic N) is 2. The fraction of sp³-hybridized carbons (Fsp3) is 0.308. The zero-order chi connectivity index (χ0) is 13.6. The molecule has 0 spiro atoms. The second kappa shape index (κ2) is 4.08. The Bertz CT molecular complexity index is 689. The van der Waals surface area contributed by atoms with E-state index in [1.165, 1.54) is 0 Å². The molecule has 3 N–H and O–H groups in total. The Morgan fingerprint density at radius 3 is 2.95 bits per heavy atom. The van der Waals surface area contributed by atoms with Gasteiger partial charge >= 0.3 is 0 Å². The van der Waals surface area contributed by atoms with E-state index in [4.69, 9.17) is 5.73 Å². The van der Waals surface area contributed by atoms with E-state index in [1.54, 1.807) is 10.7 Å². The number of nitrogen functional groups attached to an aromatic ring is 1. The molecule has 6 heteroatoms. The molecule has 0 saturated carbocycles. The molecule has 0 bridgehead atoms. The molecule has 1 unspecified atom stereocenters. The van der Waals surface area contributed by atoms with E-state index < -0.39 is 0 Å². The van der Waals surface area contributed by atoms with Gasteiger partial charge in [0.1, 0.15) is 0 Å². The summed E-state index contributed by atoms with van der Waals surface area (Å²) >= 11 is 0. The Morgan fingerprint density at radius 1 is 1.42 bits per heavy atom. The van der Waals surface area contributed by atoms with E-state index in [9.17, 15) is 9.59 Å². The van der Waals surface area contributed by atoms with Crippen molar-refractivity contribution in [3.8, 4) is 0 Å². The number of amides is 2. The van der Waals surface area contributed by atoms with E-state index in [0.717, 1.165) is 10.9 Å². The molecule has 1 aromatic heterocycles. The normalized spacial score (nSPS) is 19.7. The molecular formula is C13H14N4O2. The van der Waals surface area contributed by atoms with Gasteiger partial charge in [-0.25, -0.2) is 0 Å². The van der Waals surface area contributed by atoms with E-state index >= 15 is 0 Å². The van der Waals surface area contributed by atoms with E-state index in [1.807, 2.05) is 19.2 Å². The van der Waals surface area contributed by atoms with Crippen molar-refractivity contribution in [1.82, 2.24) is 15.1 Å². The van der Waals surface area contributed by atoms with Gasteiger partial charge in [0.15, 0.2) is 0 Å². The minimum atomic E-state index is -0.370. The predicted octanol–water partition coefficient (Wildman–Crippen LogP) is 0.676. The van der Waals surface area contributed by atoms with Crippen molar-refractivity contribution in [2.45, 2.75) is 18.8 Å². The van der Waals surface area contributed by atoms with Crippen LogP contribution in [0.1, 0.15) is 24.5 Å². The van der Waals surface area contributed by atoms with E-state index in [-0.39, 0.29) is 17.7 Å². The smallest absolute Gasteiger partial charge is 0.235 e. The topological polar surface area (TPSA) is 90.0 Å². The summed E-state index contributed by atoms with van der Waals surface area (Å²) in [5.74, 6) is -0.858. The number of aromatic nitrogens is 2. The zero-order valence-electron chi connectivity index (χ0n) is 10.5. The lowest BCUT2D eigenvalue weighted by atomic mass is 9.93. The Labute approximate surface area is 109 Å². The molecule has 2 heterocycles. The lowest BCUT2D eigenvalue weighted by molar-refractivity contribution is -0.134. The van der Waals surface area contributed by atoms with E-state index in [2.05, 4.69) is 10.4 Å². The van der Waals surface area contributed by atoms with Crippen LogP contribution in [0.5, 0.6) is 0 Å². The van der Waals surface area contributed by atoms with Crippen LogP contribution in [0, 0.1) is 0 Å². The number of anilines is 1. The molecule has 0 aliphatic carbocycles. The molecule has 1 aliphatic heterocycles. The number of hydrogen-bond acceptors (Lipinski definition) is 4. The molecule has 98 valence electrons. The van der Waals surface area contributed by atoms with Crippen molar-refractivity contribution in [2.75, 3.05) is 5.73 Å². The third-order valence-corrected chi connectivity index (χ3v) is 3.47. The van der Waals surface area contributed by atoms with E-state index in [0.29, 0.717) is 24.2 Å². The molecule has 1 fully saturated rings. The van der Waals surface area contributed by atoms with Crippen LogP contribution >= 0.6 is 0 Å². The zero-order valence-corrected chi connectivity index (χ0v) is 10.5. The van der Waals surface area contributed by atoms with Crippen molar-refractivity contribution in [3.05, 3.63) is 23.9 Å². The van der Waals surface area contributed by atoms with Gasteiger partial charge in [0.05, 0.1) is 17.1 Å². The maximum atomic E-state index is 11.9. The molecular weight excluding hydrogens is 244 g/mol. The fourth-order valence-corrected chi connectivity index (χ4v) is 2.51. The number of rotatable bonds is 1. The molecule has 2 aromatic rings. The van der Waals surface area contributed by atoms with Crippen LogP contribution in [-0.2, 0) is 16.6 Å². The second-order valence-corrected chi connectivity index (χ2v) is 4.79. The number of fused-ring (bicyclic) bond motifs is 1. The van der Waals surface area contributed by atoms with Crippen molar-refractivity contribution in [2.24, 2.45) is 7.05 Å². The highest BCUT2D eigenvalue weighted by molar-refractivity contribution is 6.02. The highest BCUT2D eigenvalue weighted by atomic mass is 16.2. The molecule has 3 rings (SSSR count). The maximum absolute atomic E-state index is 11.9. The number of piperidine rings is 1. The number of hydrogen-bond donors (Lipinski definition) is 2. The number of aryl methyl sites for hydroxylation is 1. The van der Waals surface area contributed by atoms with Gasteiger partial charge in [-0.15, -0.1) is 0 Å². The van der Waals surface area contributed by atoms with Crippen molar-refractivity contribution < 1.29 is 9.59 Å². The third-order valence-electron chi connectivity index (χ3n) is 3.47. The summed E-state index contributed by atoms with van der Waals surface area (Å²) in [7, 11) is 1.82. The molecule has 1 aromatic carbocycles. The van der Waals surface area contributed by atoms with Gasteiger partial charge in [0, 0.05) is 24.5 Å². The van der Waals surface area contributed by atoms with Crippen molar-refractivity contribution in [3.63, 3.8) is 0 Å². The van der Waals surface area contributed by atoms with Gasteiger partial charge < -0.3 is 5.73 Å². The second-order valence-electron chi connectivity index (χ2n) is 4.79. The van der Waals surface area contributed by atoms with Gasteiger partial charge in [-0.3, -0.25) is 19.6 Å². The summed E-state index contributed by atoms with van der Waals surface area (Å²) in [5, 5.41) is 7.69. The monoisotopic (exact) mass is 258 g/mol. The van der Waals surface area contributed by atoms with Crippen molar-refractivity contribution >= 4 is 28.4 Å². The molecule has 6 nitrogen and oxygen atoms in total. The Morgan fingerprint density at radius 2 is 2.21 bits per heavy atom. The molecule has 1 aliphatic rings. The van der Waals surface area contributed by atoms with Crippen LogP contribution in [0.15, 0.2) is 18.2 Å². The highest BCUT2D eigenvalue weighted by Crippen LogP contribution is 2.30. The lowest BCUT2D eigenvalue weighted by Gasteiger charge is -2.19. The third kappa shape index (κ3) is 1.85. The number of benzene rings is 1. The van der Waals surface area contributed by atoms with Crippen LogP contribution in [0.25, 0.3) is 10.9 Å². The van der Waals surface area contributed by atoms with Gasteiger partial charge in [-0.1, -0.05) is 0 Å². The summed E-state index contributed by atoms with van der Waals surface area (Å²) in [6.07, 6.45) is 0.852. The quantitative estimate of drug-likeness (QED) is 0.581. The maximum Gasteiger partial charge on any atom is 0.235 e. The molecule has 1 saturated heterocycles. The summed E-state index contributed by atoms with van der Waals surface area (Å²) < 4.78 is 1.71. The first kappa shape index (κ1) is 11.7. The lowest BCUT2D eigenvalue weighted by Crippen LogP contribution is -2.39. The number of carbonyl (C=O) groups excluding carboxylic acids is 2. The number of nitrogens with two attached hydrogens (primary N) is 1. The molecule has 0 radical (unpaired) electrons. The Hall–Kier alpha value is -2.37. The van der Waals surface area contributed by atoms with Crippen LogP contribution in [0.3, 0.4) is 0 Å². The van der Waals surface area contributed by atoms with Crippen LogP contribution in [0.2, 0.25) is 0 Å². The van der Waals surface area contributed by atoms with Crippen LogP contribution in [0.4, 0.5) is 5.69 Å². The summed E-state index contributed by atoms with van der Waals surface area (Å²) in [5.41, 5.74) is 8.02. The molecule has 2 amide bonds. The average molecular weight is 258 g/mol. The standard InChI is InChI=1S/C13H14N4O2/c1-17-10-6-7(14)2-3-8(10)12(16-17)9-4-5-11(18)15-13(9)19/h2-3,6,9H,4-5,14H2,1H3,(H,15,18,19). The minimum absolute atomic E-state index is 0.217. The first-order chi connectivity index (χ1) is 9.06. The summed E-state index contributed by atoms with van der Waals surface area (Å²) in [6.45, 7) is 0. The van der Waals surface area contributed by atoms with Crippen molar-refractivity contribution in [1.29, 1.82) is 0 Å². The van der Waals surface area contributed by atoms with Gasteiger partial charge in [0.2, 0.25) is 11.8 Å². The largest absolute Gasteiger partial charge is 0.399 e. The van der Waals surface area contributed by atoms with Crippen LogP contribution in [-0.4, -0.2) is 21.6 Å². The Balaban J connectivity index is 2.10. The summed E-state index contributed by atoms with van der Waals surface area (Å²) in [6, 6.07) is 5.49. The number of carbonyl (C=O) groups is 2. The fourth-order valence-electron chi connectivity index (χ4n) is 2.51. The SMILES string of the molecule is Cn1nc(C2CCC(=O)NC2=O)c2ccc(N)cc21. The van der Waals surface area contributed by atoms with Gasteiger partial charge in [0.25, 0.3) is 0 Å². The first-order valence-electron chi connectivity index (χ1n) is 6.12. The van der Waals surface area contributed by atoms with Crippen LogP contribution < -0.4 is 11.1 Å². The van der Waals surface area contributed by atoms with Gasteiger partial charge in [-0.2, -0.15) is 5.10 Å². The molecule has 1 atom stereocenters.